The van der Waals surface area contributed by atoms with Gasteiger partial charge in [0.25, 0.3) is 10.0 Å². The molecule has 1 N–H and O–H groups in total. The van der Waals surface area contributed by atoms with Crippen LogP contribution < -0.4 is 4.72 Å². The number of benzene rings is 2. The molecular formula is C14H14ClNO4S2. The Labute approximate surface area is 134 Å². The fourth-order valence-corrected chi connectivity index (χ4v) is 4.05. The smallest absolute Gasteiger partial charge is 0.262 e. The number of hydrogen-bond acceptors (Lipinski definition) is 4. The van der Waals surface area contributed by atoms with E-state index in [1.807, 2.05) is 0 Å². The molecule has 22 heavy (non-hydrogen) atoms. The highest BCUT2D eigenvalue weighted by Crippen LogP contribution is 2.25. The summed E-state index contributed by atoms with van der Waals surface area (Å²) in [6.45, 7) is 1.61. The van der Waals surface area contributed by atoms with Gasteiger partial charge in [0.2, 0.25) is 0 Å². The van der Waals surface area contributed by atoms with Gasteiger partial charge in [-0.3, -0.25) is 4.72 Å². The van der Waals surface area contributed by atoms with Crippen LogP contribution in [0.2, 0.25) is 5.02 Å². The predicted molar refractivity (Wildman–Crippen MR) is 86.5 cm³/mol. The highest BCUT2D eigenvalue weighted by Gasteiger charge is 2.18. The number of rotatable bonds is 4. The predicted octanol–water partition coefficient (Wildman–Crippen LogP) is 2.85. The molecule has 0 atom stereocenters. The van der Waals surface area contributed by atoms with Crippen LogP contribution in [0.4, 0.5) is 5.69 Å². The van der Waals surface area contributed by atoms with Gasteiger partial charge in [0, 0.05) is 17.0 Å². The number of halogens is 1. The van der Waals surface area contributed by atoms with E-state index in [-0.39, 0.29) is 15.5 Å². The van der Waals surface area contributed by atoms with Crippen LogP contribution in [0.25, 0.3) is 0 Å². The first-order chi connectivity index (χ1) is 10.1. The molecule has 5 nitrogen and oxygen atoms in total. The van der Waals surface area contributed by atoms with E-state index in [9.17, 15) is 16.8 Å². The third-order valence-corrected chi connectivity index (χ3v) is 6.11. The van der Waals surface area contributed by atoms with Crippen molar-refractivity contribution < 1.29 is 16.8 Å². The van der Waals surface area contributed by atoms with Crippen LogP contribution in [-0.2, 0) is 19.9 Å². The molecule has 2 aromatic rings. The molecule has 0 aliphatic heterocycles. The summed E-state index contributed by atoms with van der Waals surface area (Å²) in [5.41, 5.74) is 0.719. The Balaban J connectivity index is 2.35. The molecule has 0 amide bonds. The Bertz CT molecular complexity index is 904. The van der Waals surface area contributed by atoms with Gasteiger partial charge in [0.1, 0.15) is 0 Å². The van der Waals surface area contributed by atoms with Gasteiger partial charge < -0.3 is 0 Å². The zero-order valence-corrected chi connectivity index (χ0v) is 14.3. The van der Waals surface area contributed by atoms with Crippen LogP contribution in [0.1, 0.15) is 5.56 Å². The molecule has 0 bridgehead atoms. The van der Waals surface area contributed by atoms with Crippen molar-refractivity contribution in [2.75, 3.05) is 11.0 Å². The molecule has 2 aromatic carbocycles. The number of sulfone groups is 1. The Morgan fingerprint density at radius 3 is 2.09 bits per heavy atom. The van der Waals surface area contributed by atoms with E-state index in [1.54, 1.807) is 19.1 Å². The molecule has 2 rings (SSSR count). The number of nitrogens with one attached hydrogen (secondary N) is 1. The maximum absolute atomic E-state index is 12.4. The molecule has 0 aliphatic rings. The van der Waals surface area contributed by atoms with Crippen molar-refractivity contribution in [2.24, 2.45) is 0 Å². The van der Waals surface area contributed by atoms with Gasteiger partial charge in [-0.05, 0) is 48.9 Å². The highest BCUT2D eigenvalue weighted by molar-refractivity contribution is 7.92. The monoisotopic (exact) mass is 359 g/mol. The largest absolute Gasteiger partial charge is 0.280 e. The van der Waals surface area contributed by atoms with Crippen LogP contribution in [0, 0.1) is 6.92 Å². The SMILES string of the molecule is Cc1c(Cl)cccc1S(=O)(=O)Nc1ccc(S(C)(=O)=O)cc1. The van der Waals surface area contributed by atoms with Gasteiger partial charge in [-0.25, -0.2) is 16.8 Å². The molecule has 8 heteroatoms. The average Bonchev–Trinajstić information content (AvgIpc) is 2.40. The number of sulfonamides is 1. The normalized spacial score (nSPS) is 12.1. The molecule has 118 valence electrons. The van der Waals surface area contributed by atoms with E-state index >= 15 is 0 Å². The first-order valence-corrected chi connectivity index (χ1v) is 9.94. The fourth-order valence-electron chi connectivity index (χ4n) is 1.86. The first kappa shape index (κ1) is 16.8. The molecule has 0 unspecified atom stereocenters. The van der Waals surface area contributed by atoms with E-state index in [4.69, 9.17) is 11.6 Å². The lowest BCUT2D eigenvalue weighted by molar-refractivity contribution is 0.600. The number of anilines is 1. The lowest BCUT2D eigenvalue weighted by Gasteiger charge is -2.11. The first-order valence-electron chi connectivity index (χ1n) is 6.19. The molecule has 0 spiro atoms. The molecule has 0 radical (unpaired) electrons. The Kier molecular flexibility index (Phi) is 4.51. The zero-order valence-electron chi connectivity index (χ0n) is 11.9. The van der Waals surface area contributed by atoms with Crippen molar-refractivity contribution in [3.05, 3.63) is 53.1 Å². The Morgan fingerprint density at radius 2 is 1.55 bits per heavy atom. The molecular weight excluding hydrogens is 346 g/mol. The van der Waals surface area contributed by atoms with Crippen LogP contribution >= 0.6 is 11.6 Å². The number of hydrogen-bond donors (Lipinski definition) is 1. The molecule has 0 saturated heterocycles. The molecule has 0 aliphatic carbocycles. The van der Waals surface area contributed by atoms with E-state index in [0.717, 1.165) is 6.26 Å². The second kappa shape index (κ2) is 5.91. The summed E-state index contributed by atoms with van der Waals surface area (Å²) in [7, 11) is -7.12. The van der Waals surface area contributed by atoms with Crippen molar-refractivity contribution in [2.45, 2.75) is 16.7 Å². The van der Waals surface area contributed by atoms with Crippen LogP contribution in [0.5, 0.6) is 0 Å². The summed E-state index contributed by atoms with van der Waals surface area (Å²) in [6, 6.07) is 10.1. The maximum atomic E-state index is 12.4. The second-order valence-electron chi connectivity index (χ2n) is 4.77. The van der Waals surface area contributed by atoms with E-state index in [2.05, 4.69) is 4.72 Å². The summed E-state index contributed by atoms with van der Waals surface area (Å²) in [5.74, 6) is 0. The molecule has 0 aromatic heterocycles. The third-order valence-electron chi connectivity index (χ3n) is 3.04. The van der Waals surface area contributed by atoms with Crippen molar-refractivity contribution in [3.63, 3.8) is 0 Å². The van der Waals surface area contributed by atoms with Crippen LogP contribution in [-0.4, -0.2) is 23.1 Å². The van der Waals surface area contributed by atoms with Crippen molar-refractivity contribution in [3.8, 4) is 0 Å². The third kappa shape index (κ3) is 3.60. The van der Waals surface area contributed by atoms with Gasteiger partial charge in [0.15, 0.2) is 9.84 Å². The minimum absolute atomic E-state index is 0.0761. The second-order valence-corrected chi connectivity index (χ2v) is 8.84. The minimum atomic E-state index is -3.80. The summed E-state index contributed by atoms with van der Waals surface area (Å²) >= 11 is 5.93. The van der Waals surface area contributed by atoms with Crippen LogP contribution in [0.3, 0.4) is 0 Å². The lowest BCUT2D eigenvalue weighted by Crippen LogP contribution is -2.14. The van der Waals surface area contributed by atoms with Gasteiger partial charge in [-0.1, -0.05) is 17.7 Å². The topological polar surface area (TPSA) is 80.3 Å². The average molecular weight is 360 g/mol. The summed E-state index contributed by atoms with van der Waals surface area (Å²) in [6.07, 6.45) is 1.08. The lowest BCUT2D eigenvalue weighted by atomic mass is 10.2. The van der Waals surface area contributed by atoms with Crippen LogP contribution in [0.15, 0.2) is 52.3 Å². The Hall–Kier alpha value is -1.57. The van der Waals surface area contributed by atoms with Gasteiger partial charge >= 0.3 is 0 Å². The van der Waals surface area contributed by atoms with E-state index < -0.39 is 19.9 Å². The van der Waals surface area contributed by atoms with Gasteiger partial charge in [-0.2, -0.15) is 0 Å². The van der Waals surface area contributed by atoms with Gasteiger partial charge in [-0.15, -0.1) is 0 Å². The molecule has 0 fully saturated rings. The summed E-state index contributed by atoms with van der Waals surface area (Å²) in [4.78, 5) is 0.196. The Morgan fingerprint density at radius 1 is 0.955 bits per heavy atom. The minimum Gasteiger partial charge on any atom is -0.280 e. The molecule has 0 heterocycles. The quantitative estimate of drug-likeness (QED) is 0.910. The highest BCUT2D eigenvalue weighted by atomic mass is 35.5. The van der Waals surface area contributed by atoms with Crippen molar-refractivity contribution >= 4 is 37.1 Å². The van der Waals surface area contributed by atoms with Gasteiger partial charge in [0.05, 0.1) is 9.79 Å². The van der Waals surface area contributed by atoms with E-state index in [1.165, 1.54) is 30.3 Å². The van der Waals surface area contributed by atoms with E-state index in [0.29, 0.717) is 10.6 Å². The standard InChI is InChI=1S/C14H14ClNO4S2/c1-10-13(15)4-3-5-14(10)22(19,20)16-11-6-8-12(9-7-11)21(2,17)18/h3-9,16H,1-2H3. The summed E-state index contributed by atoms with van der Waals surface area (Å²) in [5, 5.41) is 0.357. The molecule has 0 saturated carbocycles. The fraction of sp³-hybridized carbons (Fsp3) is 0.143. The zero-order chi connectivity index (χ0) is 16.5. The van der Waals surface area contributed by atoms with Crippen molar-refractivity contribution in [1.29, 1.82) is 0 Å². The maximum Gasteiger partial charge on any atom is 0.262 e. The summed E-state index contributed by atoms with van der Waals surface area (Å²) < 4.78 is 49.9. The van der Waals surface area contributed by atoms with Crippen molar-refractivity contribution in [1.82, 2.24) is 0 Å².